The number of hydrogen-bond donors (Lipinski definition) is 2. The second-order valence-electron chi connectivity index (χ2n) is 4.16. The lowest BCUT2D eigenvalue weighted by Crippen LogP contribution is -2.53. The van der Waals surface area contributed by atoms with Crippen LogP contribution in [0.2, 0.25) is 0 Å². The number of rotatable bonds is 4. The van der Waals surface area contributed by atoms with Gasteiger partial charge in [0.05, 0.1) is 12.8 Å². The molecular formula is C11H15FN2O. The minimum absolute atomic E-state index is 0.133. The van der Waals surface area contributed by atoms with Gasteiger partial charge in [0, 0.05) is 18.3 Å². The monoisotopic (exact) mass is 210 g/mol. The number of aromatic nitrogens is 1. The van der Waals surface area contributed by atoms with Crippen LogP contribution in [-0.2, 0) is 6.54 Å². The lowest BCUT2D eigenvalue weighted by molar-refractivity contribution is 0.0871. The van der Waals surface area contributed by atoms with Crippen molar-refractivity contribution in [3.05, 3.63) is 29.8 Å². The first-order chi connectivity index (χ1) is 7.24. The van der Waals surface area contributed by atoms with E-state index in [0.717, 1.165) is 24.8 Å². The molecule has 1 fully saturated rings. The van der Waals surface area contributed by atoms with Crippen molar-refractivity contribution < 1.29 is 9.50 Å². The van der Waals surface area contributed by atoms with Gasteiger partial charge in [-0.25, -0.2) is 4.39 Å². The van der Waals surface area contributed by atoms with E-state index in [1.54, 1.807) is 6.20 Å². The highest BCUT2D eigenvalue weighted by Crippen LogP contribution is 2.31. The molecule has 0 bridgehead atoms. The fourth-order valence-corrected chi connectivity index (χ4v) is 1.84. The van der Waals surface area contributed by atoms with Gasteiger partial charge in [-0.05, 0) is 30.9 Å². The van der Waals surface area contributed by atoms with E-state index in [9.17, 15) is 9.50 Å². The molecule has 2 rings (SSSR count). The van der Waals surface area contributed by atoms with E-state index in [4.69, 9.17) is 0 Å². The number of hydrogen-bond acceptors (Lipinski definition) is 3. The molecule has 82 valence electrons. The fourth-order valence-electron chi connectivity index (χ4n) is 1.84. The molecule has 1 aromatic heterocycles. The molecular weight excluding hydrogens is 195 g/mol. The van der Waals surface area contributed by atoms with Crippen LogP contribution in [0.4, 0.5) is 4.39 Å². The molecule has 0 amide bonds. The third-order valence-corrected chi connectivity index (χ3v) is 3.04. The Hall–Kier alpha value is -1.00. The molecule has 0 unspecified atom stereocenters. The van der Waals surface area contributed by atoms with E-state index >= 15 is 0 Å². The molecule has 2 N–H and O–H groups in total. The van der Waals surface area contributed by atoms with Crippen LogP contribution in [0.3, 0.4) is 0 Å². The Balaban J connectivity index is 1.92. The van der Waals surface area contributed by atoms with E-state index in [1.807, 2.05) is 0 Å². The Morgan fingerprint density at radius 3 is 2.80 bits per heavy atom. The standard InChI is InChI=1S/C11H15FN2O/c12-10-4-9(5-13-7-10)6-14-11(8-15)2-1-3-11/h4-5,7,14-15H,1-3,6,8H2. The topological polar surface area (TPSA) is 45.1 Å². The van der Waals surface area contributed by atoms with Crippen molar-refractivity contribution in [3.8, 4) is 0 Å². The average molecular weight is 210 g/mol. The number of aliphatic hydroxyl groups excluding tert-OH is 1. The van der Waals surface area contributed by atoms with Crippen molar-refractivity contribution in [1.29, 1.82) is 0 Å². The second-order valence-corrected chi connectivity index (χ2v) is 4.16. The van der Waals surface area contributed by atoms with E-state index in [1.165, 1.54) is 12.3 Å². The molecule has 0 spiro atoms. The van der Waals surface area contributed by atoms with Crippen molar-refractivity contribution in [1.82, 2.24) is 10.3 Å². The highest BCUT2D eigenvalue weighted by Gasteiger charge is 2.35. The number of nitrogens with zero attached hydrogens (tertiary/aromatic N) is 1. The second kappa shape index (κ2) is 4.24. The van der Waals surface area contributed by atoms with E-state index in [2.05, 4.69) is 10.3 Å². The Morgan fingerprint density at radius 2 is 2.27 bits per heavy atom. The maximum Gasteiger partial charge on any atom is 0.141 e. The number of aliphatic hydroxyl groups is 1. The van der Waals surface area contributed by atoms with Crippen LogP contribution in [0, 0.1) is 5.82 Å². The summed E-state index contributed by atoms with van der Waals surface area (Å²) in [5, 5.41) is 12.5. The van der Waals surface area contributed by atoms with Gasteiger partial charge in [-0.1, -0.05) is 0 Å². The third-order valence-electron chi connectivity index (χ3n) is 3.04. The van der Waals surface area contributed by atoms with Crippen molar-refractivity contribution in [3.63, 3.8) is 0 Å². The molecule has 0 aromatic carbocycles. The van der Waals surface area contributed by atoms with Gasteiger partial charge in [0.15, 0.2) is 0 Å². The molecule has 0 saturated heterocycles. The first-order valence-electron chi connectivity index (χ1n) is 5.19. The first kappa shape index (κ1) is 10.5. The third kappa shape index (κ3) is 2.33. The molecule has 4 heteroatoms. The lowest BCUT2D eigenvalue weighted by Gasteiger charge is -2.41. The summed E-state index contributed by atoms with van der Waals surface area (Å²) >= 11 is 0. The molecule has 1 aliphatic carbocycles. The Labute approximate surface area is 88.3 Å². The van der Waals surface area contributed by atoms with Gasteiger partial charge in [0.1, 0.15) is 5.82 Å². The van der Waals surface area contributed by atoms with Gasteiger partial charge in [-0.3, -0.25) is 4.98 Å². The molecule has 1 saturated carbocycles. The maximum absolute atomic E-state index is 12.8. The largest absolute Gasteiger partial charge is 0.394 e. The summed E-state index contributed by atoms with van der Waals surface area (Å²) in [5.74, 6) is -0.319. The Kier molecular flexibility index (Phi) is 2.98. The van der Waals surface area contributed by atoms with Gasteiger partial charge in [-0.15, -0.1) is 0 Å². The van der Waals surface area contributed by atoms with Crippen LogP contribution in [0.25, 0.3) is 0 Å². The zero-order valence-electron chi connectivity index (χ0n) is 8.54. The molecule has 15 heavy (non-hydrogen) atoms. The molecule has 1 aliphatic rings. The summed E-state index contributed by atoms with van der Waals surface area (Å²) in [6, 6.07) is 1.46. The molecule has 3 nitrogen and oxygen atoms in total. The van der Waals surface area contributed by atoms with Crippen molar-refractivity contribution in [2.75, 3.05) is 6.61 Å². The minimum atomic E-state index is -0.319. The van der Waals surface area contributed by atoms with Crippen LogP contribution in [0.5, 0.6) is 0 Å². The van der Waals surface area contributed by atoms with E-state index in [-0.39, 0.29) is 18.0 Å². The number of pyridine rings is 1. The summed E-state index contributed by atoms with van der Waals surface area (Å²) in [6.45, 7) is 0.709. The minimum Gasteiger partial charge on any atom is -0.394 e. The normalized spacial score (nSPS) is 18.5. The van der Waals surface area contributed by atoms with Gasteiger partial charge in [0.2, 0.25) is 0 Å². The summed E-state index contributed by atoms with van der Waals surface area (Å²) < 4.78 is 12.8. The highest BCUT2D eigenvalue weighted by atomic mass is 19.1. The molecule has 1 aromatic rings. The Morgan fingerprint density at radius 1 is 1.47 bits per heavy atom. The van der Waals surface area contributed by atoms with Crippen molar-refractivity contribution in [2.45, 2.75) is 31.3 Å². The lowest BCUT2D eigenvalue weighted by atomic mass is 9.77. The summed E-state index contributed by atoms with van der Waals surface area (Å²) in [6.07, 6.45) is 5.96. The summed E-state index contributed by atoms with van der Waals surface area (Å²) in [5.41, 5.74) is 0.682. The smallest absolute Gasteiger partial charge is 0.141 e. The first-order valence-corrected chi connectivity index (χ1v) is 5.19. The SMILES string of the molecule is OCC1(NCc2cncc(F)c2)CCC1. The quantitative estimate of drug-likeness (QED) is 0.785. The van der Waals surface area contributed by atoms with Crippen LogP contribution in [0.15, 0.2) is 18.5 Å². The van der Waals surface area contributed by atoms with Crippen LogP contribution in [0.1, 0.15) is 24.8 Å². The molecule has 1 heterocycles. The molecule has 0 radical (unpaired) electrons. The van der Waals surface area contributed by atoms with Crippen LogP contribution < -0.4 is 5.32 Å². The fraction of sp³-hybridized carbons (Fsp3) is 0.545. The van der Waals surface area contributed by atoms with E-state index < -0.39 is 0 Å². The van der Waals surface area contributed by atoms with Crippen molar-refractivity contribution >= 4 is 0 Å². The molecule has 0 atom stereocenters. The van der Waals surface area contributed by atoms with Crippen LogP contribution in [-0.4, -0.2) is 22.2 Å². The predicted molar refractivity (Wildman–Crippen MR) is 54.7 cm³/mol. The molecule has 0 aliphatic heterocycles. The van der Waals surface area contributed by atoms with Crippen LogP contribution >= 0.6 is 0 Å². The van der Waals surface area contributed by atoms with Gasteiger partial charge < -0.3 is 10.4 Å². The van der Waals surface area contributed by atoms with E-state index in [0.29, 0.717) is 6.54 Å². The number of nitrogens with one attached hydrogen (secondary N) is 1. The zero-order valence-corrected chi connectivity index (χ0v) is 8.54. The van der Waals surface area contributed by atoms with Gasteiger partial charge >= 0.3 is 0 Å². The Bertz CT molecular complexity index is 334. The zero-order chi connectivity index (χ0) is 10.7. The number of halogens is 1. The maximum atomic E-state index is 12.8. The summed E-state index contributed by atoms with van der Waals surface area (Å²) in [4.78, 5) is 3.78. The van der Waals surface area contributed by atoms with Gasteiger partial charge in [0.25, 0.3) is 0 Å². The predicted octanol–water partition coefficient (Wildman–Crippen LogP) is 1.23. The van der Waals surface area contributed by atoms with Crippen molar-refractivity contribution in [2.24, 2.45) is 0 Å². The van der Waals surface area contributed by atoms with Gasteiger partial charge in [-0.2, -0.15) is 0 Å². The highest BCUT2D eigenvalue weighted by molar-refractivity contribution is 5.11. The average Bonchev–Trinajstić information content (AvgIpc) is 2.17. The summed E-state index contributed by atoms with van der Waals surface area (Å²) in [7, 11) is 0.